The molecule has 7 aromatic rings. The number of ether oxygens (including phenoxy) is 2. The van der Waals surface area contributed by atoms with E-state index in [1.165, 1.54) is 120 Å². The molecule has 1 fully saturated rings. The summed E-state index contributed by atoms with van der Waals surface area (Å²) in [5, 5.41) is 21.3. The number of likely N-dealkylation sites (N-methyl/N-ethyl adjacent to an activating group) is 1. The number of Topliss-reactive ketones (excluding diaryl/α,β-unsaturated/α-hetero) is 3. The molecule has 2 amide bonds. The summed E-state index contributed by atoms with van der Waals surface area (Å²) in [6.07, 6.45) is 19.1. The van der Waals surface area contributed by atoms with Crippen LogP contribution < -0.4 is 41.6 Å². The number of halogens is 3. The van der Waals surface area contributed by atoms with Gasteiger partial charge in [-0.05, 0) is 272 Å². The van der Waals surface area contributed by atoms with E-state index in [0.717, 1.165) is 68.1 Å². The van der Waals surface area contributed by atoms with E-state index in [9.17, 15) is 55.9 Å². The minimum Gasteiger partial charge on any atom is -0.508 e. The molecule has 8 N–H and O–H groups in total. The van der Waals surface area contributed by atoms with E-state index in [-0.39, 0.29) is 126 Å². The predicted molar refractivity (Wildman–Crippen MR) is 438 cm³/mol. The van der Waals surface area contributed by atoms with Crippen molar-refractivity contribution < 1.29 is 73.6 Å². The van der Waals surface area contributed by atoms with Crippen LogP contribution in [0.4, 0.5) is 13.2 Å². The summed E-state index contributed by atoms with van der Waals surface area (Å²) >= 11 is 0. The van der Waals surface area contributed by atoms with Crippen LogP contribution in [0, 0.1) is 30.1 Å². The van der Waals surface area contributed by atoms with E-state index in [1.54, 1.807) is 56.3 Å². The highest BCUT2D eigenvalue weighted by Crippen LogP contribution is 2.43. The predicted octanol–water partition coefficient (Wildman–Crippen LogP) is 13.0. The van der Waals surface area contributed by atoms with Gasteiger partial charge >= 0.3 is 22.7 Å². The number of nitriles is 1. The molecule has 6 aromatic carbocycles. The minimum atomic E-state index is -5.58. The molecule has 4 aliphatic carbocycles. The lowest BCUT2D eigenvalue weighted by Crippen LogP contribution is -2.46. The van der Waals surface area contributed by atoms with Crippen LogP contribution in [0.1, 0.15) is 196 Å². The third kappa shape index (κ3) is 22.5. The van der Waals surface area contributed by atoms with Gasteiger partial charge in [-0.25, -0.2) is 9.97 Å². The van der Waals surface area contributed by atoms with Gasteiger partial charge in [0.15, 0.2) is 23.2 Å². The third-order valence-electron chi connectivity index (χ3n) is 22.2. The monoisotopic (exact) mass is 1600 g/mol. The topological polar surface area (TPSA) is 329 Å². The molecular weight excluding hydrogens is 1500 g/mol. The van der Waals surface area contributed by atoms with Gasteiger partial charge in [-0.3, -0.25) is 24.0 Å². The van der Waals surface area contributed by atoms with Crippen LogP contribution in [0.25, 0.3) is 22.5 Å². The number of nitrogens with zero attached hydrogens (tertiary/aromatic N) is 4. The largest absolute Gasteiger partial charge is 0.534 e. The number of phenolic OH excluding ortho intramolecular Hbond substituents is 1. The fraction of sp³-hybridized carbons (Fsp3) is 0.471. The molecule has 0 spiro atoms. The molecule has 2 aliphatic heterocycles. The van der Waals surface area contributed by atoms with Crippen molar-refractivity contribution in [3.05, 3.63) is 182 Å². The molecule has 4 bridgehead atoms. The quantitative estimate of drug-likeness (QED) is 0.0205. The molecule has 6 aliphatic rings. The van der Waals surface area contributed by atoms with Gasteiger partial charge in [-0.1, -0.05) is 61.5 Å². The maximum absolute atomic E-state index is 14.8. The first-order valence-electron chi connectivity index (χ1n) is 39.4. The van der Waals surface area contributed by atoms with Gasteiger partial charge in [0.05, 0.1) is 34.6 Å². The van der Waals surface area contributed by atoms with Crippen molar-refractivity contribution in [2.75, 3.05) is 39.9 Å². The van der Waals surface area contributed by atoms with Crippen molar-refractivity contribution in [2.24, 2.45) is 29.0 Å². The van der Waals surface area contributed by atoms with Gasteiger partial charge in [0, 0.05) is 80.5 Å². The smallest absolute Gasteiger partial charge is 0.508 e. The number of alkyl halides is 3. The summed E-state index contributed by atoms with van der Waals surface area (Å²) in [6.45, 7) is 12.6. The highest BCUT2D eigenvalue weighted by molar-refractivity contribution is 7.88. The van der Waals surface area contributed by atoms with Crippen LogP contribution in [0.2, 0.25) is 0 Å². The number of aromatic hydroxyl groups is 1. The molecule has 610 valence electrons. The summed E-state index contributed by atoms with van der Waals surface area (Å²) < 4.78 is 86.7. The molecule has 27 heteroatoms. The van der Waals surface area contributed by atoms with Gasteiger partial charge in [-0.15, -0.1) is 0 Å². The molecule has 1 saturated heterocycles. The Labute approximate surface area is 675 Å². The number of aromatic nitrogens is 2. The van der Waals surface area contributed by atoms with E-state index in [4.69, 9.17) is 41.0 Å². The van der Waals surface area contributed by atoms with E-state index in [2.05, 4.69) is 72.5 Å². The summed E-state index contributed by atoms with van der Waals surface area (Å²) in [5.41, 5.74) is 27.1. The van der Waals surface area contributed by atoms with Crippen LogP contribution in [0.15, 0.2) is 115 Å². The molecule has 13 rings (SSSR count). The van der Waals surface area contributed by atoms with Crippen molar-refractivity contribution in [1.82, 2.24) is 20.2 Å². The Hall–Kier alpha value is -9.01. The first-order chi connectivity index (χ1) is 53.9. The fourth-order valence-corrected chi connectivity index (χ4v) is 15.7. The highest BCUT2D eigenvalue weighted by Gasteiger charge is 2.52. The summed E-state index contributed by atoms with van der Waals surface area (Å²) in [7, 11) is -4.29. The second-order valence-corrected chi connectivity index (χ2v) is 32.6. The van der Waals surface area contributed by atoms with Crippen LogP contribution in [-0.4, -0.2) is 127 Å². The standard InChI is InChI=1S/C50H60N8O7.C16H23BO2.C11H11F3O3S.C10H12O.H2S/c1-30-23-44(61)47(58(3)50(63)37(16-18-52)28-43(60)40-29-55-48(56-31(40)2)36-12-11-33-7-4-5-8-34(33)26-36)35-13-15-46(65-22-20-54)39(27-35)38-24-32(10-14-45(38)64-21-19-53)25-41(57-49(30)62)42(59)9-6-17-51;1-15(2)16(3,4)19-17(18-15)14-10-9-12-7-5-6-8-13(12)11-14;12-11(13,14)18(15,16)17-10-6-5-8-3-1-2-4-9(8)7-10;11-10-6-5-8-3-1-2-4-9(8)7-10;/h10-15,24,26-27,29-30,37,41,47H,4-9,16,18-23,25,28,52-54H2,1-3H3,(H,57,62);9-11H,5-8H2,1-4H3;5-7H,1-4H2;5-7,11H,1-4H2;1H2/t30-,37-,41+,47+;;;;/m1..../s1. The molecule has 1 aromatic heterocycles. The summed E-state index contributed by atoms with van der Waals surface area (Å²) in [6, 6.07) is 33.2. The molecule has 0 unspecified atom stereocenters. The summed E-state index contributed by atoms with van der Waals surface area (Å²) in [4.78, 5) is 81.4. The number of ketones is 3. The maximum Gasteiger partial charge on any atom is 0.534 e. The Bertz CT molecular complexity index is 4730. The number of fused-ring (bicyclic) bond motifs is 9. The first kappa shape index (κ1) is 88.9. The second-order valence-electron chi connectivity index (χ2n) is 31.1. The number of nitrogens with one attached hydrogen (secondary N) is 1. The zero-order chi connectivity index (χ0) is 81.4. The highest BCUT2D eigenvalue weighted by atomic mass is 32.2. The van der Waals surface area contributed by atoms with E-state index in [0.29, 0.717) is 51.0 Å². The third-order valence-corrected chi connectivity index (χ3v) is 23.2. The fourth-order valence-electron chi connectivity index (χ4n) is 15.3. The number of carbonyl (C=O) groups excluding carboxylic acids is 5. The van der Waals surface area contributed by atoms with Crippen molar-refractivity contribution in [1.29, 1.82) is 5.26 Å². The number of aryl methyl sites for hydroxylation is 9. The van der Waals surface area contributed by atoms with Crippen molar-refractivity contribution in [2.45, 2.75) is 212 Å². The van der Waals surface area contributed by atoms with Gasteiger partial charge in [0.2, 0.25) is 11.8 Å². The average molecular weight is 1610 g/mol. The number of rotatable bonds is 20. The van der Waals surface area contributed by atoms with E-state index in [1.807, 2.05) is 30.3 Å². The molecule has 3 heterocycles. The number of hydrogen-bond donors (Lipinski definition) is 5. The van der Waals surface area contributed by atoms with Crippen LogP contribution in [-0.2, 0) is 96.4 Å². The Kier molecular flexibility index (Phi) is 31.2. The summed E-state index contributed by atoms with van der Waals surface area (Å²) in [5.74, 6) is -2.48. The van der Waals surface area contributed by atoms with Crippen molar-refractivity contribution in [3.63, 3.8) is 0 Å². The number of carbonyl (C=O) groups is 5. The molecule has 0 saturated carbocycles. The van der Waals surface area contributed by atoms with Crippen molar-refractivity contribution >= 4 is 65.4 Å². The zero-order valence-electron chi connectivity index (χ0n) is 66.4. The molecule has 21 nitrogen and oxygen atoms in total. The van der Waals surface area contributed by atoms with Crippen molar-refractivity contribution in [3.8, 4) is 51.6 Å². The average Bonchev–Trinajstić information content (AvgIpc) is 0.888. The number of phenols is 1. The zero-order valence-corrected chi connectivity index (χ0v) is 68.2. The molecular formula is C87H108BF3N8O13S2. The first-order valence-corrected chi connectivity index (χ1v) is 40.8. The van der Waals surface area contributed by atoms with E-state index < -0.39 is 57.1 Å². The Morgan fingerprint density at radius 2 is 1.23 bits per heavy atom. The molecule has 4 atom stereocenters. The van der Waals surface area contributed by atoms with Gasteiger partial charge in [-0.2, -0.15) is 40.3 Å². The second kappa shape index (κ2) is 40.0. The maximum atomic E-state index is 14.8. The van der Waals surface area contributed by atoms with Gasteiger partial charge in [0.25, 0.3) is 0 Å². The minimum absolute atomic E-state index is 0. The normalized spacial score (nSPS) is 18.2. The van der Waals surface area contributed by atoms with Gasteiger partial charge in [0.1, 0.15) is 42.3 Å². The number of hydrogen-bond acceptors (Lipinski definition) is 19. The number of nitrogens with two attached hydrogens (primary N) is 3. The van der Waals surface area contributed by atoms with Crippen LogP contribution in [0.3, 0.4) is 0 Å². The van der Waals surface area contributed by atoms with Crippen LogP contribution >= 0.6 is 13.5 Å². The lowest BCUT2D eigenvalue weighted by atomic mass is 9.76. The molecule has 114 heavy (non-hydrogen) atoms. The van der Waals surface area contributed by atoms with Gasteiger partial charge < -0.3 is 55.5 Å². The van der Waals surface area contributed by atoms with E-state index >= 15 is 0 Å². The number of amides is 2. The Morgan fingerprint density at radius 3 is 1.79 bits per heavy atom. The van der Waals surface area contributed by atoms with Crippen LogP contribution in [0.5, 0.6) is 23.0 Å². The molecule has 0 radical (unpaired) electrons. The Balaban J connectivity index is 0.000000240. The lowest BCUT2D eigenvalue weighted by Gasteiger charge is -2.32. The number of benzene rings is 6. The Morgan fingerprint density at radius 1 is 0.702 bits per heavy atom. The SMILES string of the molecule is CC1(C)OB(c2ccc3c(c2)CCCC3)OC1(C)C.Cc1nc(-c2ccc3c(c2)CCCC3)ncc1C(=O)C[C@@H](CCN)C(=O)N(C)[C@@H]1C(=O)C[C@@H](C)C(=O)N[C@H](C(=O)CCC#N)Cc2ccc(OCCN)c(c2)-c2cc1ccc2OCCN.O=S(=O)(Oc1ccc2c(c1)CCCC2)C(F)(F)F.Oc1ccc2c(c1)CCCC2.S. The lowest BCUT2D eigenvalue weighted by molar-refractivity contribution is -0.142.